The maximum absolute atomic E-state index is 13.7. The number of halogens is 2. The molecular formula is C12H12F2N4O2. The molecule has 1 N–H and O–H groups in total. The van der Waals surface area contributed by atoms with Crippen LogP contribution >= 0.6 is 0 Å². The van der Waals surface area contributed by atoms with Crippen LogP contribution in [0.2, 0.25) is 0 Å². The van der Waals surface area contributed by atoms with Crippen molar-refractivity contribution in [3.05, 3.63) is 29.8 Å². The van der Waals surface area contributed by atoms with Gasteiger partial charge < -0.3 is 5.11 Å². The summed E-state index contributed by atoms with van der Waals surface area (Å²) in [7, 11) is 0. The van der Waals surface area contributed by atoms with Crippen molar-refractivity contribution >= 4 is 5.97 Å². The molecule has 0 bridgehead atoms. The van der Waals surface area contributed by atoms with Crippen LogP contribution in [0.3, 0.4) is 0 Å². The van der Waals surface area contributed by atoms with E-state index in [0.717, 1.165) is 16.8 Å². The normalized spacial score (nSPS) is 11.6. The Morgan fingerprint density at radius 1 is 1.35 bits per heavy atom. The Morgan fingerprint density at radius 2 is 1.95 bits per heavy atom. The molecule has 2 aromatic rings. The number of nitrogens with zero attached hydrogens (tertiary/aromatic N) is 4. The molecule has 0 radical (unpaired) electrons. The Balaban J connectivity index is 2.47. The van der Waals surface area contributed by atoms with Crippen LogP contribution in [0.5, 0.6) is 0 Å². The molecule has 1 aromatic heterocycles. The summed E-state index contributed by atoms with van der Waals surface area (Å²) < 4.78 is 28.5. The first-order valence-corrected chi connectivity index (χ1v) is 5.77. The van der Waals surface area contributed by atoms with Crippen LogP contribution in [0.25, 0.3) is 11.4 Å². The number of carboxylic acids is 1. The third-order valence-corrected chi connectivity index (χ3v) is 2.84. The van der Waals surface area contributed by atoms with Gasteiger partial charge in [0.1, 0.15) is 11.6 Å². The van der Waals surface area contributed by atoms with Crippen molar-refractivity contribution in [2.24, 2.45) is 5.41 Å². The predicted octanol–water partition coefficient (Wildman–Crippen LogP) is 1.73. The number of aromatic nitrogens is 4. The van der Waals surface area contributed by atoms with Gasteiger partial charge in [-0.2, -0.15) is 0 Å². The minimum Gasteiger partial charge on any atom is -0.481 e. The zero-order chi connectivity index (χ0) is 14.9. The van der Waals surface area contributed by atoms with Crippen LogP contribution in [0.1, 0.15) is 13.8 Å². The Bertz CT molecular complexity index is 634. The lowest BCUT2D eigenvalue weighted by Gasteiger charge is -2.19. The molecule has 106 valence electrons. The highest BCUT2D eigenvalue weighted by Gasteiger charge is 2.30. The minimum atomic E-state index is -1.17. The van der Waals surface area contributed by atoms with E-state index in [1.54, 1.807) is 0 Å². The summed E-state index contributed by atoms with van der Waals surface area (Å²) in [6.07, 6.45) is 0. The third kappa shape index (κ3) is 2.49. The van der Waals surface area contributed by atoms with E-state index in [1.807, 2.05) is 0 Å². The summed E-state index contributed by atoms with van der Waals surface area (Å²) in [6, 6.07) is 3.39. The number of benzene rings is 1. The zero-order valence-corrected chi connectivity index (χ0v) is 10.8. The average Bonchev–Trinajstić information content (AvgIpc) is 2.76. The van der Waals surface area contributed by atoms with E-state index in [4.69, 9.17) is 5.11 Å². The Kier molecular flexibility index (Phi) is 3.47. The number of rotatable bonds is 4. The highest BCUT2D eigenvalue weighted by molar-refractivity contribution is 5.73. The number of carboxylic acid groups (broad SMARTS) is 1. The van der Waals surface area contributed by atoms with Crippen molar-refractivity contribution in [3.8, 4) is 11.4 Å². The molecule has 1 heterocycles. The first kappa shape index (κ1) is 14.0. The van der Waals surface area contributed by atoms with Crippen molar-refractivity contribution < 1.29 is 18.7 Å². The first-order valence-electron chi connectivity index (χ1n) is 5.77. The van der Waals surface area contributed by atoms with Crippen molar-refractivity contribution in [2.45, 2.75) is 20.4 Å². The summed E-state index contributed by atoms with van der Waals surface area (Å²) >= 11 is 0. The molecule has 0 saturated heterocycles. The van der Waals surface area contributed by atoms with Crippen molar-refractivity contribution in [1.82, 2.24) is 20.2 Å². The van der Waals surface area contributed by atoms with Gasteiger partial charge in [-0.3, -0.25) is 4.79 Å². The fourth-order valence-corrected chi connectivity index (χ4v) is 1.64. The van der Waals surface area contributed by atoms with Crippen molar-refractivity contribution in [3.63, 3.8) is 0 Å². The van der Waals surface area contributed by atoms with Crippen LogP contribution in [0.15, 0.2) is 18.2 Å². The molecule has 0 spiro atoms. The van der Waals surface area contributed by atoms with E-state index in [2.05, 4.69) is 15.5 Å². The Hall–Kier alpha value is -2.38. The molecule has 0 fully saturated rings. The lowest BCUT2D eigenvalue weighted by atomic mass is 9.94. The molecular weight excluding hydrogens is 270 g/mol. The highest BCUT2D eigenvalue weighted by Crippen LogP contribution is 2.26. The van der Waals surface area contributed by atoms with Gasteiger partial charge in [-0.1, -0.05) is 6.07 Å². The number of hydrogen-bond donors (Lipinski definition) is 1. The van der Waals surface area contributed by atoms with E-state index in [-0.39, 0.29) is 17.9 Å². The van der Waals surface area contributed by atoms with Crippen LogP contribution in [-0.4, -0.2) is 31.3 Å². The molecule has 1 aromatic carbocycles. The minimum absolute atomic E-state index is 0.113. The zero-order valence-electron chi connectivity index (χ0n) is 10.8. The fraction of sp³-hybridized carbons (Fsp3) is 0.333. The van der Waals surface area contributed by atoms with Gasteiger partial charge in [0.15, 0.2) is 5.82 Å². The molecule has 0 saturated carbocycles. The molecule has 0 aliphatic heterocycles. The van der Waals surface area contributed by atoms with E-state index < -0.39 is 23.0 Å². The number of aliphatic carboxylic acids is 1. The lowest BCUT2D eigenvalue weighted by Crippen LogP contribution is -2.30. The molecule has 0 aliphatic carbocycles. The summed E-state index contributed by atoms with van der Waals surface area (Å²) in [4.78, 5) is 11.1. The smallest absolute Gasteiger partial charge is 0.310 e. The summed E-state index contributed by atoms with van der Waals surface area (Å²) in [5.41, 5.74) is -1.55. The third-order valence-electron chi connectivity index (χ3n) is 2.84. The van der Waals surface area contributed by atoms with E-state index in [1.165, 1.54) is 19.9 Å². The maximum Gasteiger partial charge on any atom is 0.310 e. The second-order valence-corrected chi connectivity index (χ2v) is 4.95. The van der Waals surface area contributed by atoms with Crippen molar-refractivity contribution in [1.29, 1.82) is 0 Å². The molecule has 0 atom stereocenters. The van der Waals surface area contributed by atoms with Crippen LogP contribution in [-0.2, 0) is 11.3 Å². The molecule has 0 aliphatic rings. The molecule has 20 heavy (non-hydrogen) atoms. The fourth-order valence-electron chi connectivity index (χ4n) is 1.64. The van der Waals surface area contributed by atoms with Gasteiger partial charge >= 0.3 is 5.97 Å². The highest BCUT2D eigenvalue weighted by atomic mass is 19.1. The van der Waals surface area contributed by atoms with Crippen LogP contribution in [0, 0.1) is 17.0 Å². The number of tetrazole rings is 1. The van der Waals surface area contributed by atoms with Gasteiger partial charge in [-0.05, 0) is 36.4 Å². The van der Waals surface area contributed by atoms with Crippen LogP contribution in [0.4, 0.5) is 8.78 Å². The second kappa shape index (κ2) is 4.95. The number of carbonyl (C=O) groups is 1. The largest absolute Gasteiger partial charge is 0.481 e. The average molecular weight is 282 g/mol. The molecule has 0 unspecified atom stereocenters. The van der Waals surface area contributed by atoms with Gasteiger partial charge in [0.25, 0.3) is 0 Å². The topological polar surface area (TPSA) is 80.9 Å². The Labute approximate surface area is 113 Å². The van der Waals surface area contributed by atoms with Crippen LogP contribution < -0.4 is 0 Å². The summed E-state index contributed by atoms with van der Waals surface area (Å²) in [5.74, 6) is -2.83. The molecule has 8 heteroatoms. The SMILES string of the molecule is CC(C)(Cn1nnnc1-c1c(F)cccc1F)C(=O)O. The first-order chi connectivity index (χ1) is 9.33. The predicted molar refractivity (Wildman–Crippen MR) is 64.6 cm³/mol. The quantitative estimate of drug-likeness (QED) is 0.923. The van der Waals surface area contributed by atoms with E-state index >= 15 is 0 Å². The van der Waals surface area contributed by atoms with E-state index in [9.17, 15) is 13.6 Å². The van der Waals surface area contributed by atoms with E-state index in [0.29, 0.717) is 0 Å². The summed E-state index contributed by atoms with van der Waals surface area (Å²) in [5, 5.41) is 19.6. The van der Waals surface area contributed by atoms with Gasteiger partial charge in [0.05, 0.1) is 17.5 Å². The van der Waals surface area contributed by atoms with Gasteiger partial charge in [0, 0.05) is 0 Å². The standard InChI is InChI=1S/C12H12F2N4O2/c1-12(2,11(19)20)6-18-10(15-16-17-18)9-7(13)4-3-5-8(9)14/h3-5H,6H2,1-2H3,(H,19,20). The number of hydrogen-bond acceptors (Lipinski definition) is 4. The van der Waals surface area contributed by atoms with Gasteiger partial charge in [-0.15, -0.1) is 5.10 Å². The maximum atomic E-state index is 13.7. The van der Waals surface area contributed by atoms with Crippen molar-refractivity contribution in [2.75, 3.05) is 0 Å². The Morgan fingerprint density at radius 3 is 2.50 bits per heavy atom. The molecule has 0 amide bonds. The summed E-state index contributed by atoms with van der Waals surface area (Å²) in [6.45, 7) is 2.83. The molecule has 6 nitrogen and oxygen atoms in total. The van der Waals surface area contributed by atoms with Gasteiger partial charge in [-0.25, -0.2) is 13.5 Å². The second-order valence-electron chi connectivity index (χ2n) is 4.95. The lowest BCUT2D eigenvalue weighted by molar-refractivity contribution is -0.147. The monoisotopic (exact) mass is 282 g/mol. The van der Waals surface area contributed by atoms with Gasteiger partial charge in [0.2, 0.25) is 0 Å². The molecule has 2 rings (SSSR count).